The maximum Gasteiger partial charge on any atom is 0.364 e. The third-order valence-corrected chi connectivity index (χ3v) is 2.26. The van der Waals surface area contributed by atoms with Crippen LogP contribution in [0.5, 0.6) is 0 Å². The predicted molar refractivity (Wildman–Crippen MR) is 54.8 cm³/mol. The van der Waals surface area contributed by atoms with E-state index in [9.17, 15) is 9.59 Å². The molecule has 0 bridgehead atoms. The smallest absolute Gasteiger partial charge is 0.364 e. The first-order chi connectivity index (χ1) is 7.36. The number of aliphatic carboxylic acids is 2. The van der Waals surface area contributed by atoms with Crippen LogP contribution in [-0.4, -0.2) is 38.2 Å². The molecule has 0 unspecified atom stereocenters. The number of carboxylic acids is 2. The van der Waals surface area contributed by atoms with Gasteiger partial charge in [-0.25, -0.2) is 4.79 Å². The Bertz CT molecular complexity index is 235. The molecule has 4 N–H and O–H groups in total. The molecule has 0 aliphatic rings. The topological polar surface area (TPSA) is 115 Å². The van der Waals surface area contributed by atoms with Gasteiger partial charge >= 0.3 is 11.9 Å². The van der Waals surface area contributed by atoms with Gasteiger partial charge in [-0.3, -0.25) is 4.79 Å². The Morgan fingerprint density at radius 1 is 0.875 bits per heavy atom. The monoisotopic (exact) mass is 234 g/mol. The lowest BCUT2D eigenvalue weighted by Gasteiger charge is -2.15. The Labute approximate surface area is 93.5 Å². The van der Waals surface area contributed by atoms with Crippen LogP contribution in [0, 0.1) is 0 Å². The van der Waals surface area contributed by atoms with Gasteiger partial charge in [-0.2, -0.15) is 0 Å². The maximum absolute atomic E-state index is 10.3. The van der Waals surface area contributed by atoms with E-state index in [0.717, 1.165) is 12.8 Å². The van der Waals surface area contributed by atoms with Gasteiger partial charge in [0, 0.05) is 12.8 Å². The molecule has 16 heavy (non-hydrogen) atoms. The minimum Gasteiger partial charge on any atom is -0.481 e. The molecule has 94 valence electrons. The number of carboxylic acid groups (broad SMARTS) is 2. The minimum atomic E-state index is -2.64. The van der Waals surface area contributed by atoms with Crippen LogP contribution >= 0.6 is 0 Å². The number of hydrogen-bond donors (Lipinski definition) is 4. The number of carbonyl (C=O) groups is 2. The second-order valence-corrected chi connectivity index (χ2v) is 3.78. The van der Waals surface area contributed by atoms with Gasteiger partial charge in [0.05, 0.1) is 0 Å². The number of rotatable bonds is 9. The van der Waals surface area contributed by atoms with Crippen molar-refractivity contribution >= 4 is 11.9 Å². The SMILES string of the molecule is O=C(O)CCCCCCCC(O)(O)C(=O)O. The van der Waals surface area contributed by atoms with Crippen molar-refractivity contribution in [1.29, 1.82) is 0 Å². The number of unbranched alkanes of at least 4 members (excludes halogenated alkanes) is 4. The van der Waals surface area contributed by atoms with Crippen LogP contribution in [-0.2, 0) is 9.59 Å². The van der Waals surface area contributed by atoms with Gasteiger partial charge in [0.15, 0.2) is 0 Å². The summed E-state index contributed by atoms with van der Waals surface area (Å²) in [5.41, 5.74) is 0. The zero-order chi connectivity index (χ0) is 12.6. The third-order valence-electron chi connectivity index (χ3n) is 2.26. The van der Waals surface area contributed by atoms with Crippen LogP contribution < -0.4 is 0 Å². The summed E-state index contributed by atoms with van der Waals surface area (Å²) in [6, 6.07) is 0. The Kier molecular flexibility index (Phi) is 6.67. The summed E-state index contributed by atoms with van der Waals surface area (Å²) in [6.45, 7) is 0. The van der Waals surface area contributed by atoms with Crippen molar-refractivity contribution < 1.29 is 30.0 Å². The van der Waals surface area contributed by atoms with Gasteiger partial charge in [-0.05, 0) is 12.8 Å². The van der Waals surface area contributed by atoms with Crippen molar-refractivity contribution in [3.8, 4) is 0 Å². The van der Waals surface area contributed by atoms with Gasteiger partial charge in [0.2, 0.25) is 0 Å². The fourth-order valence-electron chi connectivity index (χ4n) is 1.28. The van der Waals surface area contributed by atoms with Crippen molar-refractivity contribution in [2.75, 3.05) is 0 Å². The zero-order valence-corrected chi connectivity index (χ0v) is 9.06. The molecule has 0 aliphatic carbocycles. The summed E-state index contributed by atoms with van der Waals surface area (Å²) in [5, 5.41) is 34.6. The van der Waals surface area contributed by atoms with Crippen molar-refractivity contribution in [2.24, 2.45) is 0 Å². The summed E-state index contributed by atoms with van der Waals surface area (Å²) in [6.07, 6.45) is 3.10. The van der Waals surface area contributed by atoms with Crippen molar-refractivity contribution in [3.63, 3.8) is 0 Å². The highest BCUT2D eigenvalue weighted by Crippen LogP contribution is 2.14. The van der Waals surface area contributed by atoms with Gasteiger partial charge in [0.25, 0.3) is 5.79 Å². The van der Waals surface area contributed by atoms with Crippen LogP contribution in [0.25, 0.3) is 0 Å². The predicted octanol–water partition coefficient (Wildman–Crippen LogP) is 0.567. The van der Waals surface area contributed by atoms with Crippen LogP contribution in [0.15, 0.2) is 0 Å². The maximum atomic E-state index is 10.3. The van der Waals surface area contributed by atoms with E-state index in [2.05, 4.69) is 0 Å². The minimum absolute atomic E-state index is 0.138. The van der Waals surface area contributed by atoms with E-state index in [1.165, 1.54) is 0 Å². The van der Waals surface area contributed by atoms with E-state index >= 15 is 0 Å². The van der Waals surface area contributed by atoms with Crippen molar-refractivity contribution in [2.45, 2.75) is 50.7 Å². The first-order valence-corrected chi connectivity index (χ1v) is 5.26. The van der Waals surface area contributed by atoms with Gasteiger partial charge in [-0.15, -0.1) is 0 Å². The molecular formula is C10H18O6. The average Bonchev–Trinajstić information content (AvgIpc) is 2.15. The van der Waals surface area contributed by atoms with Gasteiger partial charge < -0.3 is 20.4 Å². The fraction of sp³-hybridized carbons (Fsp3) is 0.800. The molecule has 0 radical (unpaired) electrons. The second-order valence-electron chi connectivity index (χ2n) is 3.78. The molecule has 0 aromatic heterocycles. The summed E-state index contributed by atoms with van der Waals surface area (Å²) >= 11 is 0. The molecule has 0 heterocycles. The van der Waals surface area contributed by atoms with E-state index in [4.69, 9.17) is 20.4 Å². The quantitative estimate of drug-likeness (QED) is 0.342. The van der Waals surface area contributed by atoms with E-state index in [0.29, 0.717) is 19.3 Å². The van der Waals surface area contributed by atoms with Crippen LogP contribution in [0.1, 0.15) is 44.9 Å². The number of aliphatic hydroxyl groups is 2. The standard InChI is InChI=1S/C10H18O6/c11-8(12)6-4-2-1-3-5-7-10(15,16)9(13)14/h15-16H,1-7H2,(H,11,12)(H,13,14). The molecule has 0 aromatic carbocycles. The van der Waals surface area contributed by atoms with Gasteiger partial charge in [-0.1, -0.05) is 19.3 Å². The molecule has 0 aliphatic heterocycles. The average molecular weight is 234 g/mol. The molecule has 0 amide bonds. The lowest BCUT2D eigenvalue weighted by molar-refractivity contribution is -0.205. The first kappa shape index (κ1) is 14.9. The van der Waals surface area contributed by atoms with Crippen LogP contribution in [0.3, 0.4) is 0 Å². The molecule has 0 spiro atoms. The lowest BCUT2D eigenvalue weighted by Crippen LogP contribution is -2.37. The van der Waals surface area contributed by atoms with E-state index in [1.54, 1.807) is 0 Å². The fourth-order valence-corrected chi connectivity index (χ4v) is 1.28. The second kappa shape index (κ2) is 7.19. The molecule has 0 atom stereocenters. The Morgan fingerprint density at radius 2 is 1.38 bits per heavy atom. The molecule has 6 heteroatoms. The lowest BCUT2D eigenvalue weighted by atomic mass is 10.1. The van der Waals surface area contributed by atoms with Crippen molar-refractivity contribution in [1.82, 2.24) is 0 Å². The molecule has 0 aromatic rings. The molecule has 0 fully saturated rings. The molecule has 0 rings (SSSR count). The normalized spacial score (nSPS) is 11.4. The first-order valence-electron chi connectivity index (χ1n) is 5.26. The summed E-state index contributed by atoms with van der Waals surface area (Å²) in [5.74, 6) is -5.10. The molecule has 0 saturated heterocycles. The van der Waals surface area contributed by atoms with Crippen LogP contribution in [0.4, 0.5) is 0 Å². The van der Waals surface area contributed by atoms with Crippen molar-refractivity contribution in [3.05, 3.63) is 0 Å². The van der Waals surface area contributed by atoms with Crippen LogP contribution in [0.2, 0.25) is 0 Å². The van der Waals surface area contributed by atoms with Gasteiger partial charge in [0.1, 0.15) is 0 Å². The highest BCUT2D eigenvalue weighted by molar-refractivity contribution is 5.74. The highest BCUT2D eigenvalue weighted by atomic mass is 16.5. The molecular weight excluding hydrogens is 216 g/mol. The van der Waals surface area contributed by atoms with E-state index in [1.807, 2.05) is 0 Å². The highest BCUT2D eigenvalue weighted by Gasteiger charge is 2.31. The summed E-state index contributed by atoms with van der Waals surface area (Å²) in [7, 11) is 0. The Morgan fingerprint density at radius 3 is 1.88 bits per heavy atom. The Balaban J connectivity index is 3.40. The zero-order valence-electron chi connectivity index (χ0n) is 9.06. The third kappa shape index (κ3) is 7.19. The Hall–Kier alpha value is -1.14. The van der Waals surface area contributed by atoms with E-state index in [-0.39, 0.29) is 12.8 Å². The largest absolute Gasteiger partial charge is 0.481 e. The number of hydrogen-bond acceptors (Lipinski definition) is 4. The summed E-state index contributed by atoms with van der Waals surface area (Å²) < 4.78 is 0. The van der Waals surface area contributed by atoms with E-state index < -0.39 is 17.7 Å². The molecule has 6 nitrogen and oxygen atoms in total. The summed E-state index contributed by atoms with van der Waals surface area (Å²) in [4.78, 5) is 20.5. The molecule has 0 saturated carbocycles.